The van der Waals surface area contributed by atoms with Crippen molar-refractivity contribution in [2.45, 2.75) is 70.3 Å². The third kappa shape index (κ3) is 3.39. The SMILES string of the molecule is O=C(O)C1CCC(NC(=O)N2CCC3(CCCCC3)C2)CC1. The maximum Gasteiger partial charge on any atom is 0.317 e. The van der Waals surface area contributed by atoms with Crippen LogP contribution in [-0.2, 0) is 4.79 Å². The minimum atomic E-state index is -0.691. The molecule has 2 saturated carbocycles. The van der Waals surface area contributed by atoms with E-state index in [1.165, 1.54) is 32.1 Å². The lowest BCUT2D eigenvalue weighted by molar-refractivity contribution is -0.142. The van der Waals surface area contributed by atoms with Gasteiger partial charge in [-0.25, -0.2) is 4.79 Å². The summed E-state index contributed by atoms with van der Waals surface area (Å²) in [4.78, 5) is 25.4. The first kappa shape index (κ1) is 15.6. The molecule has 0 atom stereocenters. The molecular weight excluding hydrogens is 280 g/mol. The van der Waals surface area contributed by atoms with Gasteiger partial charge < -0.3 is 15.3 Å². The molecule has 1 aliphatic heterocycles. The first-order chi connectivity index (χ1) is 10.6. The zero-order valence-electron chi connectivity index (χ0n) is 13.4. The number of carboxylic acids is 1. The number of carbonyl (C=O) groups excluding carboxylic acids is 1. The molecule has 5 nitrogen and oxygen atoms in total. The van der Waals surface area contributed by atoms with Crippen LogP contribution in [0.3, 0.4) is 0 Å². The number of likely N-dealkylation sites (tertiary alicyclic amines) is 1. The Kier molecular flexibility index (Phi) is 4.59. The van der Waals surface area contributed by atoms with E-state index in [1.54, 1.807) is 0 Å². The summed E-state index contributed by atoms with van der Waals surface area (Å²) in [5.74, 6) is -0.908. The van der Waals surface area contributed by atoms with E-state index in [4.69, 9.17) is 5.11 Å². The van der Waals surface area contributed by atoms with Gasteiger partial charge in [0.15, 0.2) is 0 Å². The molecule has 0 aromatic rings. The fourth-order valence-electron chi connectivity index (χ4n) is 4.57. The number of nitrogens with one attached hydrogen (secondary N) is 1. The van der Waals surface area contributed by atoms with Crippen LogP contribution in [0.25, 0.3) is 0 Å². The second-order valence-corrected chi connectivity index (χ2v) is 7.57. The summed E-state index contributed by atoms with van der Waals surface area (Å²) in [5, 5.41) is 12.2. The lowest BCUT2D eigenvalue weighted by atomic mass is 9.73. The van der Waals surface area contributed by atoms with Gasteiger partial charge >= 0.3 is 12.0 Å². The van der Waals surface area contributed by atoms with Crippen LogP contribution in [0.1, 0.15) is 64.2 Å². The minimum Gasteiger partial charge on any atom is -0.481 e. The van der Waals surface area contributed by atoms with E-state index < -0.39 is 5.97 Å². The highest BCUT2D eigenvalue weighted by molar-refractivity contribution is 5.75. The average Bonchev–Trinajstić information content (AvgIpc) is 2.92. The molecular formula is C17H28N2O3. The summed E-state index contributed by atoms with van der Waals surface area (Å²) in [6, 6.07) is 0.229. The molecule has 3 aliphatic rings. The highest BCUT2D eigenvalue weighted by atomic mass is 16.4. The lowest BCUT2D eigenvalue weighted by Gasteiger charge is -2.33. The van der Waals surface area contributed by atoms with Crippen molar-refractivity contribution in [2.75, 3.05) is 13.1 Å². The number of hydrogen-bond acceptors (Lipinski definition) is 2. The summed E-state index contributed by atoms with van der Waals surface area (Å²) >= 11 is 0. The number of amides is 2. The molecule has 1 saturated heterocycles. The van der Waals surface area contributed by atoms with E-state index in [-0.39, 0.29) is 18.0 Å². The second kappa shape index (κ2) is 6.47. The largest absolute Gasteiger partial charge is 0.481 e. The molecule has 2 N–H and O–H groups in total. The molecule has 1 heterocycles. The summed E-state index contributed by atoms with van der Waals surface area (Å²) in [5.41, 5.74) is 0.399. The van der Waals surface area contributed by atoms with Crippen molar-refractivity contribution >= 4 is 12.0 Å². The molecule has 3 fully saturated rings. The van der Waals surface area contributed by atoms with Crippen LogP contribution >= 0.6 is 0 Å². The number of aliphatic carboxylic acids is 1. The third-order valence-electron chi connectivity index (χ3n) is 6.04. The summed E-state index contributed by atoms with van der Waals surface area (Å²) in [6.07, 6.45) is 10.6. The van der Waals surface area contributed by atoms with Gasteiger partial charge in [0.25, 0.3) is 0 Å². The van der Waals surface area contributed by atoms with Crippen LogP contribution in [-0.4, -0.2) is 41.1 Å². The van der Waals surface area contributed by atoms with E-state index in [0.717, 1.165) is 32.4 Å². The standard InChI is InChI=1S/C17H28N2O3/c20-15(21)13-4-6-14(7-5-13)18-16(22)19-11-10-17(12-19)8-2-1-3-9-17/h13-14H,1-12H2,(H,18,22)(H,20,21). The van der Waals surface area contributed by atoms with Gasteiger partial charge in [0, 0.05) is 19.1 Å². The molecule has 5 heteroatoms. The summed E-state index contributed by atoms with van der Waals surface area (Å²) in [7, 11) is 0. The van der Waals surface area contributed by atoms with Crippen molar-refractivity contribution in [3.63, 3.8) is 0 Å². The lowest BCUT2D eigenvalue weighted by Crippen LogP contribution is -2.46. The van der Waals surface area contributed by atoms with Crippen molar-refractivity contribution in [3.8, 4) is 0 Å². The van der Waals surface area contributed by atoms with Crippen LogP contribution < -0.4 is 5.32 Å². The topological polar surface area (TPSA) is 69.6 Å². The maximum absolute atomic E-state index is 12.5. The molecule has 2 amide bonds. The maximum atomic E-state index is 12.5. The zero-order chi connectivity index (χ0) is 15.6. The quantitative estimate of drug-likeness (QED) is 0.824. The first-order valence-electron chi connectivity index (χ1n) is 8.86. The second-order valence-electron chi connectivity index (χ2n) is 7.57. The highest BCUT2D eigenvalue weighted by Crippen LogP contribution is 2.43. The van der Waals surface area contributed by atoms with Crippen molar-refractivity contribution in [2.24, 2.45) is 11.3 Å². The molecule has 0 radical (unpaired) electrons. The fraction of sp³-hybridized carbons (Fsp3) is 0.882. The van der Waals surface area contributed by atoms with Crippen LogP contribution in [0.2, 0.25) is 0 Å². The van der Waals surface area contributed by atoms with Crippen molar-refractivity contribution in [1.82, 2.24) is 10.2 Å². The molecule has 0 aromatic heterocycles. The summed E-state index contributed by atoms with van der Waals surface area (Å²) < 4.78 is 0. The Morgan fingerprint density at radius 3 is 2.32 bits per heavy atom. The number of urea groups is 1. The number of carbonyl (C=O) groups is 2. The number of carboxylic acid groups (broad SMARTS) is 1. The van der Waals surface area contributed by atoms with Crippen LogP contribution in [0.15, 0.2) is 0 Å². The Morgan fingerprint density at radius 1 is 1.00 bits per heavy atom. The predicted molar refractivity (Wildman–Crippen MR) is 83.6 cm³/mol. The predicted octanol–water partition coefficient (Wildman–Crippen LogP) is 3.00. The Morgan fingerprint density at radius 2 is 1.68 bits per heavy atom. The average molecular weight is 308 g/mol. The van der Waals surface area contributed by atoms with Crippen LogP contribution in [0, 0.1) is 11.3 Å². The van der Waals surface area contributed by atoms with Gasteiger partial charge in [-0.05, 0) is 50.4 Å². The molecule has 3 rings (SSSR count). The van der Waals surface area contributed by atoms with Crippen LogP contribution in [0.5, 0.6) is 0 Å². The normalized spacial score (nSPS) is 31.2. The summed E-state index contributed by atoms with van der Waals surface area (Å²) in [6.45, 7) is 1.81. The number of nitrogens with zero attached hydrogens (tertiary/aromatic N) is 1. The Labute approximate surface area is 132 Å². The van der Waals surface area contributed by atoms with E-state index in [0.29, 0.717) is 18.3 Å². The minimum absolute atomic E-state index is 0.0706. The zero-order valence-corrected chi connectivity index (χ0v) is 13.4. The first-order valence-corrected chi connectivity index (χ1v) is 8.86. The van der Waals surface area contributed by atoms with Gasteiger partial charge in [-0.1, -0.05) is 19.3 Å². The smallest absolute Gasteiger partial charge is 0.317 e. The molecule has 0 bridgehead atoms. The van der Waals surface area contributed by atoms with Crippen molar-refractivity contribution < 1.29 is 14.7 Å². The van der Waals surface area contributed by atoms with Gasteiger partial charge in [0.05, 0.1) is 5.92 Å². The van der Waals surface area contributed by atoms with Gasteiger partial charge in [0.1, 0.15) is 0 Å². The Bertz CT molecular complexity index is 424. The third-order valence-corrected chi connectivity index (χ3v) is 6.04. The molecule has 2 aliphatic carbocycles. The Balaban J connectivity index is 1.46. The molecule has 22 heavy (non-hydrogen) atoms. The van der Waals surface area contributed by atoms with Gasteiger partial charge in [0.2, 0.25) is 0 Å². The van der Waals surface area contributed by atoms with E-state index >= 15 is 0 Å². The fourth-order valence-corrected chi connectivity index (χ4v) is 4.57. The van der Waals surface area contributed by atoms with Crippen LogP contribution in [0.4, 0.5) is 4.79 Å². The van der Waals surface area contributed by atoms with Gasteiger partial charge in [-0.15, -0.1) is 0 Å². The van der Waals surface area contributed by atoms with E-state index in [2.05, 4.69) is 5.32 Å². The van der Waals surface area contributed by atoms with Crippen molar-refractivity contribution in [3.05, 3.63) is 0 Å². The van der Waals surface area contributed by atoms with E-state index in [9.17, 15) is 9.59 Å². The Hall–Kier alpha value is -1.26. The highest BCUT2D eigenvalue weighted by Gasteiger charge is 2.40. The molecule has 1 spiro atoms. The van der Waals surface area contributed by atoms with E-state index in [1.807, 2.05) is 4.90 Å². The molecule has 0 aromatic carbocycles. The monoisotopic (exact) mass is 308 g/mol. The molecule has 124 valence electrons. The van der Waals surface area contributed by atoms with Gasteiger partial charge in [-0.2, -0.15) is 0 Å². The van der Waals surface area contributed by atoms with Gasteiger partial charge in [-0.3, -0.25) is 4.79 Å². The number of hydrogen-bond donors (Lipinski definition) is 2. The molecule has 0 unspecified atom stereocenters. The van der Waals surface area contributed by atoms with Crippen molar-refractivity contribution in [1.29, 1.82) is 0 Å². The number of rotatable bonds is 2.